The topological polar surface area (TPSA) is 175 Å². The van der Waals surface area contributed by atoms with E-state index in [0.717, 1.165) is 11.0 Å². The maximum Gasteiger partial charge on any atom is 0.252 e. The summed E-state index contributed by atoms with van der Waals surface area (Å²) in [6, 6.07) is 14.9. The molecule has 2 aromatic carbocycles. The van der Waals surface area contributed by atoms with Crippen molar-refractivity contribution in [2.75, 3.05) is 10.2 Å². The van der Waals surface area contributed by atoms with E-state index in [9.17, 15) is 36.8 Å². The van der Waals surface area contributed by atoms with Crippen LogP contribution in [0, 0.1) is 11.3 Å². The molecule has 1 saturated carbocycles. The quantitative estimate of drug-likeness (QED) is 0.337. The van der Waals surface area contributed by atoms with Crippen molar-refractivity contribution in [3.63, 3.8) is 0 Å². The van der Waals surface area contributed by atoms with E-state index in [0.29, 0.717) is 0 Å². The van der Waals surface area contributed by atoms with Gasteiger partial charge in [0.25, 0.3) is 11.8 Å². The smallest absolute Gasteiger partial charge is 0.252 e. The van der Waals surface area contributed by atoms with E-state index in [1.165, 1.54) is 48.7 Å². The molecule has 1 aliphatic carbocycles. The number of nitriles is 1. The number of halogens is 3. The van der Waals surface area contributed by atoms with Crippen LogP contribution in [0.2, 0.25) is 5.02 Å². The van der Waals surface area contributed by atoms with Gasteiger partial charge in [-0.1, -0.05) is 35.9 Å². The molecule has 4 N–H and O–H groups in total. The van der Waals surface area contributed by atoms with E-state index in [2.05, 4.69) is 15.6 Å². The Morgan fingerprint density at radius 1 is 1.14 bits per heavy atom. The van der Waals surface area contributed by atoms with Gasteiger partial charge in [0.15, 0.2) is 0 Å². The van der Waals surface area contributed by atoms with Crippen LogP contribution in [-0.4, -0.2) is 48.6 Å². The molecule has 3 aromatic rings. The number of anilines is 2. The van der Waals surface area contributed by atoms with Crippen LogP contribution in [0.5, 0.6) is 0 Å². The summed E-state index contributed by atoms with van der Waals surface area (Å²) in [7, 11) is -4.16. The number of sulfonamides is 1. The van der Waals surface area contributed by atoms with Gasteiger partial charge in [0.05, 0.1) is 22.4 Å². The molecule has 1 saturated heterocycles. The van der Waals surface area contributed by atoms with Crippen LogP contribution in [0.3, 0.4) is 0 Å². The lowest BCUT2D eigenvalue weighted by Crippen LogP contribution is -2.63. The molecule has 11 nitrogen and oxygen atoms in total. The van der Waals surface area contributed by atoms with Crippen LogP contribution in [-0.2, 0) is 24.4 Å². The van der Waals surface area contributed by atoms with Crippen LogP contribution in [0.1, 0.15) is 42.7 Å². The predicted molar refractivity (Wildman–Crippen MR) is 155 cm³/mol. The number of nitrogens with one attached hydrogen (secondary N) is 2. The second-order valence-electron chi connectivity index (χ2n) is 10.6. The summed E-state index contributed by atoms with van der Waals surface area (Å²) in [5.41, 5.74) is -1.89. The van der Waals surface area contributed by atoms with Crippen LogP contribution in [0.25, 0.3) is 0 Å². The fraction of sp³-hybridized carbons (Fsp3) is 0.276. The summed E-state index contributed by atoms with van der Waals surface area (Å²) in [6.07, 6.45) is -0.448. The number of carbonyl (C=O) groups is 3. The van der Waals surface area contributed by atoms with Crippen molar-refractivity contribution in [3.05, 3.63) is 83.0 Å². The number of benzene rings is 2. The highest BCUT2D eigenvalue weighted by molar-refractivity contribution is 7.89. The maximum atomic E-state index is 14.6. The lowest BCUT2D eigenvalue weighted by atomic mass is 9.74. The minimum Gasteiger partial charge on any atom is -0.352 e. The number of nitrogens with zero attached hydrogens (tertiary/aromatic N) is 3. The van der Waals surface area contributed by atoms with Gasteiger partial charge in [0.2, 0.25) is 21.8 Å². The zero-order chi connectivity index (χ0) is 31.9. The van der Waals surface area contributed by atoms with Crippen LogP contribution in [0.15, 0.2) is 71.8 Å². The van der Waals surface area contributed by atoms with Crippen molar-refractivity contribution in [2.24, 2.45) is 5.14 Å². The largest absolute Gasteiger partial charge is 0.352 e. The van der Waals surface area contributed by atoms with Crippen molar-refractivity contribution in [1.82, 2.24) is 10.3 Å². The van der Waals surface area contributed by atoms with E-state index < -0.39 is 64.0 Å². The lowest BCUT2D eigenvalue weighted by molar-refractivity contribution is -0.136. The summed E-state index contributed by atoms with van der Waals surface area (Å²) in [6.45, 7) is 0. The number of nitrogens with two attached hydrogens (primary N) is 1. The number of alkyl halides is 2. The van der Waals surface area contributed by atoms with Gasteiger partial charge in [-0.2, -0.15) is 5.26 Å². The number of rotatable bonds is 8. The highest BCUT2D eigenvalue weighted by Gasteiger charge is 2.61. The SMILES string of the molecule is N#Cc1ccnc(N2C(=O)CCC2(C(=O)Nc2cccc(S(N)(=O)=O)c2)[C@@H](C(=O)NC2CC(F)(F)C2)c2ccccc2Cl)c1. The van der Waals surface area contributed by atoms with E-state index in [1.807, 2.05) is 6.07 Å². The van der Waals surface area contributed by atoms with Crippen LogP contribution in [0.4, 0.5) is 20.3 Å². The van der Waals surface area contributed by atoms with Crippen molar-refractivity contribution < 1.29 is 31.6 Å². The normalized spacial score (nSPS) is 20.3. The molecule has 3 amide bonds. The molecule has 1 aromatic heterocycles. The molecule has 0 spiro atoms. The van der Waals surface area contributed by atoms with Gasteiger partial charge >= 0.3 is 0 Å². The Hall–Kier alpha value is -4.45. The molecule has 0 bridgehead atoms. The first-order valence-electron chi connectivity index (χ1n) is 13.3. The number of amides is 3. The zero-order valence-electron chi connectivity index (χ0n) is 22.8. The summed E-state index contributed by atoms with van der Waals surface area (Å²) in [5, 5.41) is 20.1. The zero-order valence-corrected chi connectivity index (χ0v) is 24.4. The Labute approximate surface area is 256 Å². The Morgan fingerprint density at radius 2 is 1.86 bits per heavy atom. The Balaban J connectivity index is 1.70. The number of primary sulfonamides is 1. The molecule has 0 radical (unpaired) electrons. The minimum absolute atomic E-state index is 0.0177. The number of aromatic nitrogens is 1. The summed E-state index contributed by atoms with van der Waals surface area (Å²) >= 11 is 6.57. The third-order valence-electron chi connectivity index (χ3n) is 7.68. The lowest BCUT2D eigenvalue weighted by Gasteiger charge is -2.43. The second-order valence-corrected chi connectivity index (χ2v) is 12.6. The van der Waals surface area contributed by atoms with Crippen molar-refractivity contribution >= 4 is 50.9 Å². The molecule has 2 aliphatic rings. The number of carbonyl (C=O) groups excluding carboxylic acids is 3. The Morgan fingerprint density at radius 3 is 2.52 bits per heavy atom. The van der Waals surface area contributed by atoms with Gasteiger partial charge in [0, 0.05) is 42.2 Å². The van der Waals surface area contributed by atoms with Gasteiger partial charge in [-0.25, -0.2) is 27.3 Å². The van der Waals surface area contributed by atoms with E-state index in [-0.39, 0.29) is 45.4 Å². The van der Waals surface area contributed by atoms with Gasteiger partial charge < -0.3 is 10.6 Å². The number of hydrogen-bond donors (Lipinski definition) is 3. The van der Waals surface area contributed by atoms with Crippen molar-refractivity contribution in [2.45, 2.75) is 54.0 Å². The molecule has 1 aliphatic heterocycles. The summed E-state index contributed by atoms with van der Waals surface area (Å²) in [5.74, 6) is -7.01. The average Bonchev–Trinajstić information content (AvgIpc) is 3.30. The number of pyridine rings is 1. The molecule has 15 heteroatoms. The third-order valence-corrected chi connectivity index (χ3v) is 8.93. The first-order chi connectivity index (χ1) is 20.7. The van der Waals surface area contributed by atoms with E-state index >= 15 is 0 Å². The second kappa shape index (κ2) is 11.6. The average molecular weight is 643 g/mol. The van der Waals surface area contributed by atoms with E-state index in [1.54, 1.807) is 12.1 Å². The number of hydrogen-bond acceptors (Lipinski definition) is 7. The van der Waals surface area contributed by atoms with Gasteiger partial charge in [-0.15, -0.1) is 0 Å². The van der Waals surface area contributed by atoms with Crippen molar-refractivity contribution in [3.8, 4) is 6.07 Å². The maximum absolute atomic E-state index is 14.6. The van der Waals surface area contributed by atoms with Crippen molar-refractivity contribution in [1.29, 1.82) is 5.26 Å². The first kappa shape index (κ1) is 31.0. The van der Waals surface area contributed by atoms with Gasteiger partial charge in [-0.3, -0.25) is 19.3 Å². The fourth-order valence-corrected chi connectivity index (χ4v) is 6.47. The summed E-state index contributed by atoms with van der Waals surface area (Å²) < 4.78 is 51.4. The Kier molecular flexibility index (Phi) is 8.15. The highest BCUT2D eigenvalue weighted by Crippen LogP contribution is 2.47. The standard InChI is InChI=1S/C29H25ClF2N6O5S/c30-22-7-2-1-6-21(22)25(26(40)36-19-14-28(31,32)15-19)29(27(41)37-18-4-3-5-20(13-18)44(34,42)43)10-8-24(39)38(29)23-12-17(16-33)9-11-35-23/h1-7,9,11-13,19,25H,8,10,14-15H2,(H,36,40)(H,37,41)(H2,34,42,43)/t25-,29?/m1/s1. The molecule has 228 valence electrons. The molecule has 2 fully saturated rings. The Bertz CT molecular complexity index is 1810. The van der Waals surface area contributed by atoms with Gasteiger partial charge in [0.1, 0.15) is 11.4 Å². The highest BCUT2D eigenvalue weighted by atomic mass is 35.5. The fourth-order valence-electron chi connectivity index (χ4n) is 5.67. The third kappa shape index (κ3) is 5.86. The van der Waals surface area contributed by atoms with E-state index in [4.69, 9.17) is 16.7 Å². The summed E-state index contributed by atoms with van der Waals surface area (Å²) in [4.78, 5) is 47.3. The molecular weight excluding hydrogens is 618 g/mol. The molecular formula is C29H25ClF2N6O5S. The predicted octanol–water partition coefficient (Wildman–Crippen LogP) is 3.46. The molecule has 2 atom stereocenters. The monoisotopic (exact) mass is 642 g/mol. The molecule has 5 rings (SSSR count). The molecule has 44 heavy (non-hydrogen) atoms. The van der Waals surface area contributed by atoms with Gasteiger partial charge in [-0.05, 0) is 48.4 Å². The van der Waals surface area contributed by atoms with Crippen LogP contribution < -0.4 is 20.7 Å². The molecule has 2 heterocycles. The molecule has 1 unspecified atom stereocenters. The minimum atomic E-state index is -4.16. The first-order valence-corrected chi connectivity index (χ1v) is 15.2. The van der Waals surface area contributed by atoms with Crippen LogP contribution >= 0.6 is 11.6 Å².